The monoisotopic (exact) mass is 213 g/mol. The Hall–Kier alpha value is -1.23. The number of nitrogens with zero attached hydrogens (tertiary/aromatic N) is 3. The second-order valence-electron chi connectivity index (χ2n) is 3.19. The smallest absolute Gasteiger partial charge is 0.319 e. The lowest BCUT2D eigenvalue weighted by molar-refractivity contribution is -0.137. The fourth-order valence-electron chi connectivity index (χ4n) is 1.07. The minimum atomic E-state index is -0.999. The largest absolute Gasteiger partial charge is 0.480 e. The molecular weight excluding hydrogens is 206 g/mol. The van der Waals surface area contributed by atoms with Crippen LogP contribution in [0, 0.1) is 5.92 Å². The van der Waals surface area contributed by atoms with Crippen LogP contribution in [0.3, 0.4) is 0 Å². The van der Waals surface area contributed by atoms with Crippen molar-refractivity contribution in [1.29, 1.82) is 0 Å². The minimum absolute atomic E-state index is 0.0434. The van der Waals surface area contributed by atoms with Gasteiger partial charge in [0.2, 0.25) is 5.29 Å². The average molecular weight is 214 g/mol. The van der Waals surface area contributed by atoms with E-state index < -0.39 is 11.9 Å². The van der Waals surface area contributed by atoms with Crippen LogP contribution in [0.1, 0.15) is 12.8 Å². The SMILES string of the molecule is O=C(O)C1C=NC(Cl)=NC1=NC1CC1. The third-order valence-electron chi connectivity index (χ3n) is 1.94. The fourth-order valence-corrected chi connectivity index (χ4v) is 1.21. The summed E-state index contributed by atoms with van der Waals surface area (Å²) in [6.07, 6.45) is 3.26. The van der Waals surface area contributed by atoms with Crippen LogP contribution < -0.4 is 0 Å². The van der Waals surface area contributed by atoms with E-state index in [1.807, 2.05) is 0 Å². The molecule has 0 aromatic rings. The molecule has 0 aromatic carbocycles. The lowest BCUT2D eigenvalue weighted by atomic mass is 10.1. The van der Waals surface area contributed by atoms with Gasteiger partial charge in [0, 0.05) is 6.21 Å². The molecule has 0 amide bonds. The van der Waals surface area contributed by atoms with Crippen molar-refractivity contribution < 1.29 is 9.90 Å². The predicted octanol–water partition coefficient (Wildman–Crippen LogP) is 0.927. The Kier molecular flexibility index (Phi) is 2.33. The van der Waals surface area contributed by atoms with Crippen molar-refractivity contribution in [2.45, 2.75) is 18.9 Å². The highest BCUT2D eigenvalue weighted by Crippen LogP contribution is 2.25. The molecule has 1 atom stereocenters. The van der Waals surface area contributed by atoms with E-state index >= 15 is 0 Å². The molecule has 0 bridgehead atoms. The van der Waals surface area contributed by atoms with Gasteiger partial charge in [-0.1, -0.05) is 0 Å². The Morgan fingerprint density at radius 3 is 2.93 bits per heavy atom. The molecule has 1 saturated carbocycles. The summed E-state index contributed by atoms with van der Waals surface area (Å²) in [5.41, 5.74) is 0. The minimum Gasteiger partial charge on any atom is -0.480 e. The Balaban J connectivity index is 2.24. The van der Waals surface area contributed by atoms with Crippen molar-refractivity contribution in [1.82, 2.24) is 0 Å². The highest BCUT2D eigenvalue weighted by molar-refractivity contribution is 6.66. The molecule has 6 heteroatoms. The zero-order valence-corrected chi connectivity index (χ0v) is 7.98. The van der Waals surface area contributed by atoms with E-state index in [0.29, 0.717) is 0 Å². The van der Waals surface area contributed by atoms with E-state index in [0.717, 1.165) is 12.8 Å². The van der Waals surface area contributed by atoms with Gasteiger partial charge in [-0.15, -0.1) is 0 Å². The zero-order chi connectivity index (χ0) is 10.1. The average Bonchev–Trinajstić information content (AvgIpc) is 2.87. The molecule has 1 unspecified atom stereocenters. The Bertz CT molecular complexity index is 358. The molecule has 1 aliphatic carbocycles. The van der Waals surface area contributed by atoms with Gasteiger partial charge in [0.1, 0.15) is 5.84 Å². The number of carbonyl (C=O) groups is 1. The van der Waals surface area contributed by atoms with E-state index in [2.05, 4.69) is 15.0 Å². The summed E-state index contributed by atoms with van der Waals surface area (Å²) in [5, 5.41) is 8.89. The summed E-state index contributed by atoms with van der Waals surface area (Å²) in [4.78, 5) is 22.4. The van der Waals surface area contributed by atoms with Crippen LogP contribution in [0.15, 0.2) is 15.0 Å². The molecule has 5 nitrogen and oxygen atoms in total. The standard InChI is InChI=1S/C8H8ClN3O2/c9-8-10-3-5(7(13)14)6(12-8)11-4-1-2-4/h3-5H,1-2H2,(H,13,14). The normalized spacial score (nSPS) is 29.1. The highest BCUT2D eigenvalue weighted by atomic mass is 35.5. The maximum absolute atomic E-state index is 10.8. The van der Waals surface area contributed by atoms with E-state index in [4.69, 9.17) is 16.7 Å². The van der Waals surface area contributed by atoms with Crippen molar-refractivity contribution in [3.63, 3.8) is 0 Å². The third kappa shape index (κ3) is 1.98. The lowest BCUT2D eigenvalue weighted by Gasteiger charge is -2.10. The highest BCUT2D eigenvalue weighted by Gasteiger charge is 2.29. The summed E-state index contributed by atoms with van der Waals surface area (Å²) >= 11 is 5.56. The Labute approximate surface area is 85.2 Å². The number of rotatable bonds is 2. The zero-order valence-electron chi connectivity index (χ0n) is 7.22. The third-order valence-corrected chi connectivity index (χ3v) is 2.12. The van der Waals surface area contributed by atoms with Gasteiger partial charge >= 0.3 is 5.97 Å². The number of aliphatic imine (C=N–C) groups is 3. The van der Waals surface area contributed by atoms with Gasteiger partial charge in [0.05, 0.1) is 6.04 Å². The second-order valence-corrected chi connectivity index (χ2v) is 3.53. The maximum atomic E-state index is 10.8. The maximum Gasteiger partial charge on any atom is 0.319 e. The van der Waals surface area contributed by atoms with Crippen LogP contribution in [-0.2, 0) is 4.79 Å². The molecule has 1 aliphatic heterocycles. The first-order valence-corrected chi connectivity index (χ1v) is 4.63. The molecule has 0 spiro atoms. The van der Waals surface area contributed by atoms with Gasteiger partial charge in [0.15, 0.2) is 5.92 Å². The van der Waals surface area contributed by atoms with E-state index in [-0.39, 0.29) is 17.2 Å². The first kappa shape index (κ1) is 9.33. The molecule has 2 aliphatic rings. The van der Waals surface area contributed by atoms with Crippen molar-refractivity contribution >= 4 is 34.9 Å². The number of hydrogen-bond acceptors (Lipinski definition) is 3. The molecule has 74 valence electrons. The van der Waals surface area contributed by atoms with Crippen molar-refractivity contribution in [2.24, 2.45) is 20.9 Å². The van der Waals surface area contributed by atoms with Gasteiger partial charge in [-0.25, -0.2) is 9.98 Å². The Morgan fingerprint density at radius 2 is 2.36 bits per heavy atom. The van der Waals surface area contributed by atoms with Crippen LogP contribution in [0.4, 0.5) is 0 Å². The van der Waals surface area contributed by atoms with Crippen molar-refractivity contribution in [3.05, 3.63) is 0 Å². The molecule has 1 heterocycles. The number of carboxylic acids is 1. The van der Waals surface area contributed by atoms with Gasteiger partial charge in [0.25, 0.3) is 0 Å². The van der Waals surface area contributed by atoms with Crippen LogP contribution in [0.5, 0.6) is 0 Å². The van der Waals surface area contributed by atoms with Gasteiger partial charge in [-0.2, -0.15) is 0 Å². The summed E-state index contributed by atoms with van der Waals surface area (Å²) < 4.78 is 0. The molecular formula is C8H8ClN3O2. The second kappa shape index (κ2) is 3.49. The molecule has 0 saturated heterocycles. The molecule has 2 rings (SSSR count). The molecule has 0 radical (unpaired) electrons. The van der Waals surface area contributed by atoms with Crippen LogP contribution in [0.2, 0.25) is 0 Å². The molecule has 1 fully saturated rings. The van der Waals surface area contributed by atoms with E-state index in [1.54, 1.807) is 0 Å². The van der Waals surface area contributed by atoms with Gasteiger partial charge < -0.3 is 5.11 Å². The van der Waals surface area contributed by atoms with E-state index in [9.17, 15) is 4.79 Å². The number of amidine groups is 2. The van der Waals surface area contributed by atoms with Gasteiger partial charge in [-0.3, -0.25) is 9.79 Å². The molecule has 0 aromatic heterocycles. The van der Waals surface area contributed by atoms with Crippen LogP contribution >= 0.6 is 11.6 Å². The topological polar surface area (TPSA) is 74.4 Å². The number of aliphatic carboxylic acids is 1. The van der Waals surface area contributed by atoms with Crippen molar-refractivity contribution in [3.8, 4) is 0 Å². The number of carboxylic acid groups (broad SMARTS) is 1. The summed E-state index contributed by atoms with van der Waals surface area (Å²) in [5.74, 6) is -1.58. The predicted molar refractivity (Wildman–Crippen MR) is 53.4 cm³/mol. The molecule has 1 N–H and O–H groups in total. The summed E-state index contributed by atoms with van der Waals surface area (Å²) in [6, 6.07) is 0.228. The van der Waals surface area contributed by atoms with Crippen LogP contribution in [-0.4, -0.2) is 34.5 Å². The van der Waals surface area contributed by atoms with Crippen LogP contribution in [0.25, 0.3) is 0 Å². The van der Waals surface area contributed by atoms with Crippen molar-refractivity contribution in [2.75, 3.05) is 0 Å². The molecule has 14 heavy (non-hydrogen) atoms. The van der Waals surface area contributed by atoms with Gasteiger partial charge in [-0.05, 0) is 24.4 Å². The first-order valence-electron chi connectivity index (χ1n) is 4.25. The first-order chi connectivity index (χ1) is 6.66. The lowest BCUT2D eigenvalue weighted by Crippen LogP contribution is -2.27. The Morgan fingerprint density at radius 1 is 1.64 bits per heavy atom. The summed E-state index contributed by atoms with van der Waals surface area (Å²) in [6.45, 7) is 0. The quantitative estimate of drug-likeness (QED) is 0.693. The fraction of sp³-hybridized carbons (Fsp3) is 0.500. The number of halogens is 1. The number of hydrogen-bond donors (Lipinski definition) is 1. The summed E-state index contributed by atoms with van der Waals surface area (Å²) in [7, 11) is 0. The van der Waals surface area contributed by atoms with E-state index in [1.165, 1.54) is 6.21 Å².